The van der Waals surface area contributed by atoms with Crippen LogP contribution in [0, 0.1) is 0 Å². The van der Waals surface area contributed by atoms with Gasteiger partial charge in [-0.1, -0.05) is 67.7 Å². The number of hydrogen-bond donors (Lipinski definition) is 1. The van der Waals surface area contributed by atoms with Gasteiger partial charge in [0.1, 0.15) is 11.6 Å². The highest BCUT2D eigenvalue weighted by Gasteiger charge is 2.18. The summed E-state index contributed by atoms with van der Waals surface area (Å²) in [6, 6.07) is 22.2. The molecule has 198 valence electrons. The molecule has 0 atom stereocenters. The fourth-order valence-corrected chi connectivity index (χ4v) is 5.51. The SMILES string of the molecule is CN1CCCN(CCCOc2ccc(-c3nc(-c4ccc(Br)cc4)c(-c4ccc(Br)cc4)[nH]3)c(Cl)c2)CC1. The van der Waals surface area contributed by atoms with Gasteiger partial charge in [-0.25, -0.2) is 4.98 Å². The van der Waals surface area contributed by atoms with Crippen LogP contribution in [0.2, 0.25) is 5.02 Å². The van der Waals surface area contributed by atoms with Gasteiger partial charge in [-0.05, 0) is 75.4 Å². The Morgan fingerprint density at radius 2 is 1.61 bits per heavy atom. The van der Waals surface area contributed by atoms with Crippen molar-refractivity contribution in [1.29, 1.82) is 0 Å². The number of benzene rings is 3. The standard InChI is InChI=1S/C30H31Br2ClN4O/c1-36-14-2-15-37(18-17-36)16-3-19-38-25-12-13-26(27(33)20-25)30-34-28(21-4-8-23(31)9-5-21)29(35-30)22-6-10-24(32)11-7-22/h4-13,20H,2-3,14-19H2,1H3,(H,34,35). The van der Waals surface area contributed by atoms with Crippen molar-refractivity contribution in [3.05, 3.63) is 80.7 Å². The van der Waals surface area contributed by atoms with Crippen molar-refractivity contribution >= 4 is 43.5 Å². The summed E-state index contributed by atoms with van der Waals surface area (Å²) in [6.45, 7) is 6.34. The summed E-state index contributed by atoms with van der Waals surface area (Å²) in [6.07, 6.45) is 2.22. The minimum absolute atomic E-state index is 0.608. The van der Waals surface area contributed by atoms with E-state index in [-0.39, 0.29) is 0 Å². The summed E-state index contributed by atoms with van der Waals surface area (Å²) in [5, 5.41) is 0.608. The predicted octanol–water partition coefficient (Wildman–Crippen LogP) is 8.00. The maximum atomic E-state index is 6.76. The Hall–Kier alpha value is -2.16. The van der Waals surface area contributed by atoms with Crippen LogP contribution >= 0.6 is 43.5 Å². The van der Waals surface area contributed by atoms with E-state index in [0.29, 0.717) is 11.6 Å². The third-order valence-electron chi connectivity index (χ3n) is 6.85. The summed E-state index contributed by atoms with van der Waals surface area (Å²) >= 11 is 13.8. The van der Waals surface area contributed by atoms with Crippen LogP contribution in [-0.2, 0) is 0 Å². The molecule has 0 saturated carbocycles. The molecule has 0 bridgehead atoms. The van der Waals surface area contributed by atoms with Crippen molar-refractivity contribution in [3.63, 3.8) is 0 Å². The van der Waals surface area contributed by atoms with Gasteiger partial charge in [0, 0.05) is 45.3 Å². The number of aromatic nitrogens is 2. The molecular formula is C30H31Br2ClN4O. The molecule has 2 heterocycles. The molecule has 0 radical (unpaired) electrons. The fraction of sp³-hybridized carbons (Fsp3) is 0.300. The predicted molar refractivity (Wildman–Crippen MR) is 164 cm³/mol. The minimum atomic E-state index is 0.608. The molecule has 5 rings (SSSR count). The second kappa shape index (κ2) is 12.8. The van der Waals surface area contributed by atoms with E-state index in [4.69, 9.17) is 21.3 Å². The molecule has 0 unspecified atom stereocenters. The van der Waals surface area contributed by atoms with Gasteiger partial charge < -0.3 is 19.5 Å². The first-order chi connectivity index (χ1) is 18.5. The summed E-state index contributed by atoms with van der Waals surface area (Å²) in [5.74, 6) is 1.51. The first kappa shape index (κ1) is 27.4. The van der Waals surface area contributed by atoms with Crippen LogP contribution in [0.15, 0.2) is 75.7 Å². The van der Waals surface area contributed by atoms with Gasteiger partial charge in [-0.2, -0.15) is 0 Å². The monoisotopic (exact) mass is 656 g/mol. The Morgan fingerprint density at radius 1 is 0.895 bits per heavy atom. The van der Waals surface area contributed by atoms with E-state index >= 15 is 0 Å². The number of ether oxygens (including phenoxy) is 1. The molecule has 0 aliphatic carbocycles. The molecule has 0 amide bonds. The number of likely N-dealkylation sites (N-methyl/N-ethyl adjacent to an activating group) is 1. The van der Waals surface area contributed by atoms with E-state index in [1.807, 2.05) is 42.5 Å². The lowest BCUT2D eigenvalue weighted by Crippen LogP contribution is -2.30. The van der Waals surface area contributed by atoms with E-state index < -0.39 is 0 Å². The third-order valence-corrected chi connectivity index (χ3v) is 8.22. The number of hydrogen-bond acceptors (Lipinski definition) is 4. The van der Waals surface area contributed by atoms with Gasteiger partial charge in [-0.3, -0.25) is 0 Å². The lowest BCUT2D eigenvalue weighted by Gasteiger charge is -2.20. The molecule has 3 aromatic carbocycles. The summed E-state index contributed by atoms with van der Waals surface area (Å²) < 4.78 is 8.11. The Kier molecular flexibility index (Phi) is 9.23. The molecule has 1 aliphatic rings. The second-order valence-electron chi connectivity index (χ2n) is 9.66. The first-order valence-corrected chi connectivity index (χ1v) is 14.9. The Labute approximate surface area is 246 Å². The molecule has 1 fully saturated rings. The van der Waals surface area contributed by atoms with E-state index in [2.05, 4.69) is 78.0 Å². The van der Waals surface area contributed by atoms with E-state index in [9.17, 15) is 0 Å². The third kappa shape index (κ3) is 6.88. The Bertz CT molecular complexity index is 1290. The van der Waals surface area contributed by atoms with E-state index in [1.165, 1.54) is 19.5 Å². The van der Waals surface area contributed by atoms with Crippen LogP contribution in [-0.4, -0.2) is 66.1 Å². The number of rotatable bonds is 8. The maximum absolute atomic E-state index is 6.76. The van der Waals surface area contributed by atoms with Crippen LogP contribution in [0.25, 0.3) is 33.9 Å². The van der Waals surface area contributed by atoms with Gasteiger partial charge in [-0.15, -0.1) is 0 Å². The molecule has 1 aliphatic heterocycles. The van der Waals surface area contributed by atoms with Crippen LogP contribution in [0.4, 0.5) is 0 Å². The minimum Gasteiger partial charge on any atom is -0.493 e. The average Bonchev–Trinajstić information content (AvgIpc) is 3.24. The zero-order valence-electron chi connectivity index (χ0n) is 21.4. The molecule has 38 heavy (non-hydrogen) atoms. The number of halogens is 3. The Morgan fingerprint density at radius 3 is 2.32 bits per heavy atom. The number of nitrogens with one attached hydrogen (secondary N) is 1. The lowest BCUT2D eigenvalue weighted by atomic mass is 10.1. The quantitative estimate of drug-likeness (QED) is 0.195. The van der Waals surface area contributed by atoms with Crippen molar-refractivity contribution in [1.82, 2.24) is 19.8 Å². The largest absolute Gasteiger partial charge is 0.493 e. The van der Waals surface area contributed by atoms with Crippen molar-refractivity contribution in [2.45, 2.75) is 12.8 Å². The van der Waals surface area contributed by atoms with Crippen LogP contribution < -0.4 is 4.74 Å². The average molecular weight is 659 g/mol. The van der Waals surface area contributed by atoms with Crippen molar-refractivity contribution in [2.75, 3.05) is 46.4 Å². The van der Waals surface area contributed by atoms with E-state index in [1.54, 1.807) is 0 Å². The highest BCUT2D eigenvalue weighted by Crippen LogP contribution is 2.37. The Balaban J connectivity index is 1.31. The zero-order valence-corrected chi connectivity index (χ0v) is 25.3. The molecular weight excluding hydrogens is 628 g/mol. The number of aromatic amines is 1. The van der Waals surface area contributed by atoms with Gasteiger partial charge in [0.05, 0.1) is 23.0 Å². The maximum Gasteiger partial charge on any atom is 0.140 e. The normalized spacial score (nSPS) is 14.9. The topological polar surface area (TPSA) is 44.4 Å². The molecule has 5 nitrogen and oxygen atoms in total. The number of imidazole rings is 1. The van der Waals surface area contributed by atoms with Crippen LogP contribution in [0.3, 0.4) is 0 Å². The lowest BCUT2D eigenvalue weighted by molar-refractivity contribution is 0.237. The molecule has 4 aromatic rings. The van der Waals surface area contributed by atoms with Crippen LogP contribution in [0.5, 0.6) is 5.75 Å². The molecule has 0 spiro atoms. The van der Waals surface area contributed by atoms with Gasteiger partial charge in [0.2, 0.25) is 0 Å². The van der Waals surface area contributed by atoms with Crippen LogP contribution in [0.1, 0.15) is 12.8 Å². The highest BCUT2D eigenvalue weighted by atomic mass is 79.9. The van der Waals surface area contributed by atoms with Crippen molar-refractivity contribution in [2.24, 2.45) is 0 Å². The smallest absolute Gasteiger partial charge is 0.140 e. The second-order valence-corrected chi connectivity index (χ2v) is 11.9. The van der Waals surface area contributed by atoms with Gasteiger partial charge in [0.15, 0.2) is 0 Å². The van der Waals surface area contributed by atoms with Gasteiger partial charge >= 0.3 is 0 Å². The summed E-state index contributed by atoms with van der Waals surface area (Å²) in [5.41, 5.74) is 4.75. The van der Waals surface area contributed by atoms with E-state index in [0.717, 1.165) is 74.7 Å². The highest BCUT2D eigenvalue weighted by molar-refractivity contribution is 9.10. The molecule has 1 saturated heterocycles. The number of nitrogens with zero attached hydrogens (tertiary/aromatic N) is 3. The van der Waals surface area contributed by atoms with Crippen molar-refractivity contribution < 1.29 is 4.74 Å². The first-order valence-electron chi connectivity index (χ1n) is 12.9. The summed E-state index contributed by atoms with van der Waals surface area (Å²) in [4.78, 5) is 13.5. The molecule has 1 N–H and O–H groups in total. The van der Waals surface area contributed by atoms with Crippen molar-refractivity contribution in [3.8, 4) is 39.7 Å². The number of H-pyrrole nitrogens is 1. The summed E-state index contributed by atoms with van der Waals surface area (Å²) in [7, 11) is 2.20. The molecule has 1 aromatic heterocycles. The zero-order chi connectivity index (χ0) is 26.5. The van der Waals surface area contributed by atoms with Gasteiger partial charge in [0.25, 0.3) is 0 Å². The fourth-order valence-electron chi connectivity index (χ4n) is 4.72. The molecule has 8 heteroatoms.